The number of hydrogen-bond donors (Lipinski definition) is 0. The van der Waals surface area contributed by atoms with E-state index in [-0.39, 0.29) is 5.91 Å². The first-order valence-electron chi connectivity index (χ1n) is 8.22. The number of halogens is 1. The minimum absolute atomic E-state index is 0.0488. The van der Waals surface area contributed by atoms with E-state index in [0.29, 0.717) is 22.4 Å². The molecule has 0 spiro atoms. The molecule has 1 fully saturated rings. The maximum absolute atomic E-state index is 12.5. The van der Waals surface area contributed by atoms with Crippen LogP contribution in [0.4, 0.5) is 0 Å². The van der Waals surface area contributed by atoms with Crippen LogP contribution in [-0.4, -0.2) is 21.7 Å². The zero-order valence-electron chi connectivity index (χ0n) is 14.5. The van der Waals surface area contributed by atoms with Gasteiger partial charge in [-0.3, -0.25) is 9.69 Å². The zero-order valence-corrected chi connectivity index (χ0v) is 17.7. The molecule has 3 nitrogen and oxygen atoms in total. The van der Waals surface area contributed by atoms with E-state index >= 15 is 0 Å². The lowest BCUT2D eigenvalue weighted by atomic mass is 10.1. The van der Waals surface area contributed by atoms with Gasteiger partial charge in [0.2, 0.25) is 0 Å². The first-order chi connectivity index (χ1) is 12.5. The number of amides is 1. The van der Waals surface area contributed by atoms with Crippen LogP contribution < -0.4 is 4.74 Å². The highest BCUT2D eigenvalue weighted by Gasteiger charge is 2.30. The lowest BCUT2D eigenvalue weighted by Crippen LogP contribution is -2.27. The van der Waals surface area contributed by atoms with Crippen molar-refractivity contribution in [3.8, 4) is 5.75 Å². The van der Waals surface area contributed by atoms with Gasteiger partial charge >= 0.3 is 0 Å². The average Bonchev–Trinajstić information content (AvgIpc) is 2.88. The second-order valence-electron chi connectivity index (χ2n) is 5.82. The first-order valence-corrected chi connectivity index (χ1v) is 10.2. The third-order valence-electron chi connectivity index (χ3n) is 4.09. The molecule has 0 unspecified atom stereocenters. The predicted octanol–water partition coefficient (Wildman–Crippen LogP) is 5.56. The van der Waals surface area contributed by atoms with Crippen molar-refractivity contribution in [1.82, 2.24) is 4.90 Å². The van der Waals surface area contributed by atoms with Crippen molar-refractivity contribution in [3.05, 3.63) is 68.5 Å². The Morgan fingerprint density at radius 2 is 2.04 bits per heavy atom. The Morgan fingerprint density at radius 1 is 1.27 bits per heavy atom. The number of carbonyl (C=O) groups is 1. The molecule has 2 aromatic carbocycles. The van der Waals surface area contributed by atoms with Gasteiger partial charge < -0.3 is 4.74 Å². The van der Waals surface area contributed by atoms with Crippen molar-refractivity contribution >= 4 is 56.2 Å². The molecule has 0 saturated carbocycles. The van der Waals surface area contributed by atoms with E-state index in [1.54, 1.807) is 4.90 Å². The van der Waals surface area contributed by atoms with Gasteiger partial charge in [0.05, 0.1) is 4.91 Å². The van der Waals surface area contributed by atoms with Crippen molar-refractivity contribution in [1.29, 1.82) is 0 Å². The van der Waals surface area contributed by atoms with E-state index in [9.17, 15) is 4.79 Å². The lowest BCUT2D eigenvalue weighted by Gasteiger charge is -2.12. The Labute approximate surface area is 171 Å². The Balaban J connectivity index is 1.87. The van der Waals surface area contributed by atoms with E-state index in [0.717, 1.165) is 21.3 Å². The first kappa shape index (κ1) is 19.1. The van der Waals surface area contributed by atoms with Gasteiger partial charge in [-0.1, -0.05) is 64.2 Å². The molecule has 3 rings (SSSR count). The topological polar surface area (TPSA) is 29.5 Å². The fraction of sp³-hybridized carbons (Fsp3) is 0.200. The Kier molecular flexibility index (Phi) is 6.16. The standard InChI is InChI=1S/C20H18BrNO2S2/c1-3-22-19(23)18(26-20(22)25)11-15-10-16(21)8-9-17(15)24-12-14-7-5-4-6-13(14)2/h4-11H,3,12H2,1-2H3/b18-11+. The summed E-state index contributed by atoms with van der Waals surface area (Å²) in [5.74, 6) is 0.686. The highest BCUT2D eigenvalue weighted by molar-refractivity contribution is 9.10. The average molecular weight is 448 g/mol. The number of thiocarbonyl (C=S) groups is 1. The summed E-state index contributed by atoms with van der Waals surface area (Å²) in [6.45, 7) is 5.04. The number of likely N-dealkylation sites (N-methyl/N-ethyl adjacent to an activating group) is 1. The quantitative estimate of drug-likeness (QED) is 0.443. The smallest absolute Gasteiger partial charge is 0.266 e. The summed E-state index contributed by atoms with van der Waals surface area (Å²) < 4.78 is 7.58. The summed E-state index contributed by atoms with van der Waals surface area (Å²) in [5.41, 5.74) is 3.18. The number of benzene rings is 2. The van der Waals surface area contributed by atoms with Crippen LogP contribution >= 0.6 is 39.9 Å². The van der Waals surface area contributed by atoms with Gasteiger partial charge in [0.25, 0.3) is 5.91 Å². The van der Waals surface area contributed by atoms with Gasteiger partial charge in [-0.05, 0) is 49.2 Å². The van der Waals surface area contributed by atoms with Gasteiger partial charge in [0, 0.05) is 16.6 Å². The SMILES string of the molecule is CCN1C(=O)/C(=C\c2cc(Br)ccc2OCc2ccccc2C)SC1=S. The van der Waals surface area contributed by atoms with Crippen LogP contribution in [0.15, 0.2) is 51.8 Å². The van der Waals surface area contributed by atoms with Crippen molar-refractivity contribution in [3.63, 3.8) is 0 Å². The molecule has 1 aliphatic heterocycles. The normalized spacial score (nSPS) is 15.8. The van der Waals surface area contributed by atoms with Gasteiger partial charge in [-0.25, -0.2) is 0 Å². The number of nitrogens with zero attached hydrogens (tertiary/aromatic N) is 1. The van der Waals surface area contributed by atoms with Crippen molar-refractivity contribution < 1.29 is 9.53 Å². The Morgan fingerprint density at radius 3 is 2.73 bits per heavy atom. The monoisotopic (exact) mass is 447 g/mol. The number of hydrogen-bond acceptors (Lipinski definition) is 4. The Hall–Kier alpha value is -1.63. The van der Waals surface area contributed by atoms with Gasteiger partial charge in [0.1, 0.15) is 16.7 Å². The predicted molar refractivity (Wildman–Crippen MR) is 115 cm³/mol. The van der Waals surface area contributed by atoms with E-state index in [1.807, 2.05) is 43.3 Å². The highest BCUT2D eigenvalue weighted by atomic mass is 79.9. The molecule has 1 amide bonds. The number of thioether (sulfide) groups is 1. The third-order valence-corrected chi connectivity index (χ3v) is 5.96. The molecule has 2 aromatic rings. The second-order valence-corrected chi connectivity index (χ2v) is 8.41. The van der Waals surface area contributed by atoms with E-state index in [4.69, 9.17) is 17.0 Å². The van der Waals surface area contributed by atoms with Gasteiger partial charge in [-0.15, -0.1) is 0 Å². The minimum atomic E-state index is -0.0488. The summed E-state index contributed by atoms with van der Waals surface area (Å²) in [5, 5.41) is 0. The molecule has 0 atom stereocenters. The second kappa shape index (κ2) is 8.37. The summed E-state index contributed by atoms with van der Waals surface area (Å²) in [7, 11) is 0. The van der Waals surface area contributed by atoms with Gasteiger partial charge in [0.15, 0.2) is 0 Å². The summed E-state index contributed by atoms with van der Waals surface area (Å²) in [6.07, 6.45) is 1.85. The highest BCUT2D eigenvalue weighted by Crippen LogP contribution is 2.35. The summed E-state index contributed by atoms with van der Waals surface area (Å²) >= 11 is 10.1. The van der Waals surface area contributed by atoms with E-state index in [1.165, 1.54) is 17.3 Å². The molecular weight excluding hydrogens is 430 g/mol. The minimum Gasteiger partial charge on any atom is -0.488 e. The molecule has 0 aliphatic carbocycles. The maximum Gasteiger partial charge on any atom is 0.266 e. The molecule has 1 saturated heterocycles. The molecule has 134 valence electrons. The lowest BCUT2D eigenvalue weighted by molar-refractivity contribution is -0.121. The number of aryl methyl sites for hydroxylation is 1. The third kappa shape index (κ3) is 4.19. The van der Waals surface area contributed by atoms with Gasteiger partial charge in [-0.2, -0.15) is 0 Å². The molecular formula is C20H18BrNO2S2. The fourth-order valence-electron chi connectivity index (χ4n) is 2.60. The molecule has 0 radical (unpaired) electrons. The van der Waals surface area contributed by atoms with Crippen LogP contribution in [0.2, 0.25) is 0 Å². The van der Waals surface area contributed by atoms with Crippen LogP contribution in [0.25, 0.3) is 6.08 Å². The van der Waals surface area contributed by atoms with E-state index in [2.05, 4.69) is 35.0 Å². The van der Waals surface area contributed by atoms with Crippen LogP contribution in [-0.2, 0) is 11.4 Å². The maximum atomic E-state index is 12.5. The van der Waals surface area contributed by atoms with Crippen molar-refractivity contribution in [2.24, 2.45) is 0 Å². The largest absolute Gasteiger partial charge is 0.488 e. The molecule has 1 aliphatic rings. The van der Waals surface area contributed by atoms with Crippen LogP contribution in [0.5, 0.6) is 5.75 Å². The van der Waals surface area contributed by atoms with E-state index < -0.39 is 0 Å². The van der Waals surface area contributed by atoms with Crippen LogP contribution in [0, 0.1) is 6.92 Å². The zero-order chi connectivity index (χ0) is 18.7. The molecule has 0 bridgehead atoms. The summed E-state index contributed by atoms with van der Waals surface area (Å²) in [4.78, 5) is 14.7. The number of carbonyl (C=O) groups excluding carboxylic acids is 1. The molecule has 0 aromatic heterocycles. The molecule has 6 heteroatoms. The number of ether oxygens (including phenoxy) is 1. The van der Waals surface area contributed by atoms with Crippen molar-refractivity contribution in [2.75, 3.05) is 6.54 Å². The molecule has 1 heterocycles. The van der Waals surface area contributed by atoms with Crippen molar-refractivity contribution in [2.45, 2.75) is 20.5 Å². The van der Waals surface area contributed by atoms with Crippen LogP contribution in [0.3, 0.4) is 0 Å². The Bertz CT molecular complexity index is 895. The number of rotatable bonds is 5. The fourth-order valence-corrected chi connectivity index (χ4v) is 4.36. The van der Waals surface area contributed by atoms with Crippen LogP contribution in [0.1, 0.15) is 23.6 Å². The summed E-state index contributed by atoms with van der Waals surface area (Å²) in [6, 6.07) is 13.9. The molecule has 26 heavy (non-hydrogen) atoms. The molecule has 0 N–H and O–H groups in total.